The van der Waals surface area contributed by atoms with Crippen molar-refractivity contribution in [3.8, 4) is 5.75 Å². The van der Waals surface area contributed by atoms with Gasteiger partial charge in [0.05, 0.1) is 0 Å². The summed E-state index contributed by atoms with van der Waals surface area (Å²) >= 11 is 0. The largest absolute Gasteiger partial charge is 0.484 e. The summed E-state index contributed by atoms with van der Waals surface area (Å²) in [5.41, 5.74) is 0. The Hall–Kier alpha value is -2.78. The normalized spacial score (nSPS) is 18.8. The molecule has 0 unspecified atom stereocenters. The van der Waals surface area contributed by atoms with Gasteiger partial charge in [-0.25, -0.2) is 4.79 Å². The molecule has 2 saturated heterocycles. The molecular formula is C18H20F3N3O4. The molecule has 2 heterocycles. The van der Waals surface area contributed by atoms with Gasteiger partial charge in [0.1, 0.15) is 18.8 Å². The van der Waals surface area contributed by atoms with E-state index in [2.05, 4.69) is 0 Å². The van der Waals surface area contributed by atoms with Crippen LogP contribution in [0.1, 0.15) is 12.8 Å². The summed E-state index contributed by atoms with van der Waals surface area (Å²) in [7, 11) is 0. The number of imide groups is 1. The van der Waals surface area contributed by atoms with E-state index in [9.17, 15) is 27.6 Å². The first-order valence-electron chi connectivity index (χ1n) is 8.88. The zero-order valence-corrected chi connectivity index (χ0v) is 15.0. The van der Waals surface area contributed by atoms with E-state index in [4.69, 9.17) is 4.74 Å². The Morgan fingerprint density at radius 3 is 2.36 bits per heavy atom. The molecule has 0 saturated carbocycles. The first kappa shape index (κ1) is 20.0. The van der Waals surface area contributed by atoms with Gasteiger partial charge in [0.15, 0.2) is 6.61 Å². The van der Waals surface area contributed by atoms with Crippen molar-refractivity contribution in [2.24, 2.45) is 0 Å². The Kier molecular flexibility index (Phi) is 5.76. The van der Waals surface area contributed by atoms with E-state index >= 15 is 0 Å². The van der Waals surface area contributed by atoms with Crippen LogP contribution in [0.3, 0.4) is 0 Å². The smallest absolute Gasteiger partial charge is 0.406 e. The lowest BCUT2D eigenvalue weighted by Gasteiger charge is -2.36. The molecule has 28 heavy (non-hydrogen) atoms. The number of ether oxygens (including phenoxy) is 1. The predicted octanol–water partition coefficient (Wildman–Crippen LogP) is 1.88. The van der Waals surface area contributed by atoms with Crippen LogP contribution in [0.15, 0.2) is 30.3 Å². The van der Waals surface area contributed by atoms with Crippen LogP contribution in [0.4, 0.5) is 18.0 Å². The van der Waals surface area contributed by atoms with Crippen molar-refractivity contribution in [3.05, 3.63) is 30.3 Å². The number of likely N-dealkylation sites (tertiary alicyclic amines) is 1. The zero-order chi connectivity index (χ0) is 20.3. The van der Waals surface area contributed by atoms with Crippen molar-refractivity contribution in [1.82, 2.24) is 14.7 Å². The van der Waals surface area contributed by atoms with Crippen LogP contribution in [0.2, 0.25) is 0 Å². The Labute approximate surface area is 159 Å². The number of carbonyl (C=O) groups excluding carboxylic acids is 3. The van der Waals surface area contributed by atoms with Crippen LogP contribution in [0.25, 0.3) is 0 Å². The van der Waals surface area contributed by atoms with Gasteiger partial charge in [0.2, 0.25) is 0 Å². The third kappa shape index (κ3) is 4.73. The summed E-state index contributed by atoms with van der Waals surface area (Å²) in [4.78, 5) is 39.3. The van der Waals surface area contributed by atoms with E-state index in [0.717, 1.165) is 0 Å². The van der Waals surface area contributed by atoms with Crippen molar-refractivity contribution in [2.75, 3.05) is 32.8 Å². The summed E-state index contributed by atoms with van der Waals surface area (Å²) in [6.45, 7) is -1.35. The van der Waals surface area contributed by atoms with E-state index in [1.54, 1.807) is 29.2 Å². The lowest BCUT2D eigenvalue weighted by atomic mass is 10.0. The number of piperidine rings is 1. The van der Waals surface area contributed by atoms with Gasteiger partial charge in [-0.3, -0.25) is 14.5 Å². The Bertz CT molecular complexity index is 733. The molecule has 4 amide bonds. The highest BCUT2D eigenvalue weighted by atomic mass is 19.4. The Morgan fingerprint density at radius 1 is 1.11 bits per heavy atom. The molecule has 10 heteroatoms. The average molecular weight is 399 g/mol. The molecule has 0 N–H and O–H groups in total. The number of para-hydroxylation sites is 1. The minimum atomic E-state index is -4.63. The number of carbonyl (C=O) groups is 3. The van der Waals surface area contributed by atoms with E-state index in [1.165, 1.54) is 4.90 Å². The van der Waals surface area contributed by atoms with Crippen LogP contribution in [0.5, 0.6) is 5.75 Å². The first-order chi connectivity index (χ1) is 13.2. The number of hydrogen-bond donors (Lipinski definition) is 0. The molecule has 0 aliphatic carbocycles. The zero-order valence-electron chi connectivity index (χ0n) is 15.0. The first-order valence-corrected chi connectivity index (χ1v) is 8.88. The SMILES string of the molecule is O=C(COc1ccccc1)N1CCC(N2CC(=O)N(CC(F)(F)F)C2=O)CC1. The standard InChI is InChI=1S/C18H20F3N3O4/c19-18(20,21)12-24-15(25)10-23(17(24)27)13-6-8-22(9-7-13)16(26)11-28-14-4-2-1-3-5-14/h1-5,13H,6-12H2. The van der Waals surface area contributed by atoms with Crippen molar-refractivity contribution in [2.45, 2.75) is 25.1 Å². The second-order valence-electron chi connectivity index (χ2n) is 6.72. The number of nitrogens with zero attached hydrogens (tertiary/aromatic N) is 3. The van der Waals surface area contributed by atoms with Crippen molar-refractivity contribution in [1.29, 1.82) is 0 Å². The van der Waals surface area contributed by atoms with Crippen molar-refractivity contribution in [3.63, 3.8) is 0 Å². The molecule has 2 aliphatic rings. The lowest BCUT2D eigenvalue weighted by molar-refractivity contribution is -0.151. The minimum Gasteiger partial charge on any atom is -0.484 e. The molecule has 3 rings (SSSR count). The fraction of sp³-hybridized carbons (Fsp3) is 0.500. The van der Waals surface area contributed by atoms with Gasteiger partial charge in [-0.2, -0.15) is 13.2 Å². The highest BCUT2D eigenvalue weighted by Crippen LogP contribution is 2.25. The average Bonchev–Trinajstić information content (AvgIpc) is 2.94. The molecular weight excluding hydrogens is 379 g/mol. The quantitative estimate of drug-likeness (QED) is 0.709. The van der Waals surface area contributed by atoms with Crippen LogP contribution < -0.4 is 4.74 Å². The van der Waals surface area contributed by atoms with Crippen LogP contribution in [0, 0.1) is 0 Å². The van der Waals surface area contributed by atoms with Crippen molar-refractivity contribution < 1.29 is 32.3 Å². The van der Waals surface area contributed by atoms with Gasteiger partial charge in [-0.1, -0.05) is 18.2 Å². The Morgan fingerprint density at radius 2 is 1.75 bits per heavy atom. The molecule has 1 aromatic carbocycles. The monoisotopic (exact) mass is 399 g/mol. The molecule has 152 valence electrons. The summed E-state index contributed by atoms with van der Waals surface area (Å²) < 4.78 is 43.0. The topological polar surface area (TPSA) is 70.2 Å². The predicted molar refractivity (Wildman–Crippen MR) is 91.4 cm³/mol. The van der Waals surface area contributed by atoms with E-state index < -0.39 is 24.7 Å². The molecule has 2 fully saturated rings. The van der Waals surface area contributed by atoms with Crippen LogP contribution in [-0.4, -0.2) is 77.5 Å². The number of alkyl halides is 3. The van der Waals surface area contributed by atoms with Gasteiger partial charge >= 0.3 is 12.2 Å². The third-order valence-electron chi connectivity index (χ3n) is 4.78. The molecule has 0 spiro atoms. The number of hydrogen-bond acceptors (Lipinski definition) is 4. The summed E-state index contributed by atoms with van der Waals surface area (Å²) in [6, 6.07) is 7.61. The number of urea groups is 1. The second-order valence-corrected chi connectivity index (χ2v) is 6.72. The Balaban J connectivity index is 1.49. The van der Waals surface area contributed by atoms with Crippen LogP contribution in [-0.2, 0) is 9.59 Å². The van der Waals surface area contributed by atoms with E-state index in [-0.39, 0.29) is 30.0 Å². The molecule has 7 nitrogen and oxygen atoms in total. The maximum Gasteiger partial charge on any atom is 0.406 e. The van der Waals surface area contributed by atoms with Crippen LogP contribution >= 0.6 is 0 Å². The number of rotatable bonds is 5. The number of amides is 4. The summed E-state index contributed by atoms with van der Waals surface area (Å²) in [6.07, 6.45) is -3.83. The highest BCUT2D eigenvalue weighted by molar-refractivity contribution is 6.02. The molecule has 1 aromatic rings. The molecule has 0 atom stereocenters. The fourth-order valence-corrected chi connectivity index (χ4v) is 3.36. The van der Waals surface area contributed by atoms with E-state index in [1.807, 2.05) is 6.07 Å². The van der Waals surface area contributed by atoms with Gasteiger partial charge in [-0.15, -0.1) is 0 Å². The van der Waals surface area contributed by atoms with E-state index in [0.29, 0.717) is 31.7 Å². The fourth-order valence-electron chi connectivity index (χ4n) is 3.36. The number of benzene rings is 1. The van der Waals surface area contributed by atoms with Gasteiger partial charge in [0, 0.05) is 19.1 Å². The van der Waals surface area contributed by atoms with Gasteiger partial charge < -0.3 is 14.5 Å². The molecule has 0 aromatic heterocycles. The number of halogens is 3. The second kappa shape index (κ2) is 8.07. The maximum atomic E-state index is 12.5. The third-order valence-corrected chi connectivity index (χ3v) is 4.78. The summed E-state index contributed by atoms with van der Waals surface area (Å²) in [5.74, 6) is -0.474. The maximum absolute atomic E-state index is 12.5. The lowest BCUT2D eigenvalue weighted by Crippen LogP contribution is -2.49. The molecule has 2 aliphatic heterocycles. The van der Waals surface area contributed by atoms with Gasteiger partial charge in [-0.05, 0) is 25.0 Å². The van der Waals surface area contributed by atoms with Crippen molar-refractivity contribution >= 4 is 17.8 Å². The minimum absolute atomic E-state index is 0.116. The molecule has 0 radical (unpaired) electrons. The molecule has 0 bridgehead atoms. The van der Waals surface area contributed by atoms with Gasteiger partial charge in [0.25, 0.3) is 11.8 Å². The highest BCUT2D eigenvalue weighted by Gasteiger charge is 2.45. The summed E-state index contributed by atoms with van der Waals surface area (Å²) in [5, 5.41) is 0.